The summed E-state index contributed by atoms with van der Waals surface area (Å²) >= 11 is 0. The molecule has 0 atom stereocenters. The number of rotatable bonds is 5. The van der Waals surface area contributed by atoms with Crippen molar-refractivity contribution in [2.45, 2.75) is 51.9 Å². The van der Waals surface area contributed by atoms with E-state index in [0.717, 1.165) is 37.8 Å². The molecule has 3 heterocycles. The van der Waals surface area contributed by atoms with Gasteiger partial charge in [-0.2, -0.15) is 5.10 Å². The molecule has 2 aromatic rings. The Balaban J connectivity index is 1.35. The van der Waals surface area contributed by atoms with Crippen molar-refractivity contribution in [3.63, 3.8) is 0 Å². The van der Waals surface area contributed by atoms with E-state index in [9.17, 15) is 0 Å². The largest absolute Gasteiger partial charge is 0.461 e. The molecule has 0 bridgehead atoms. The van der Waals surface area contributed by atoms with Crippen LogP contribution in [-0.4, -0.2) is 52.2 Å². The van der Waals surface area contributed by atoms with Gasteiger partial charge in [0.1, 0.15) is 5.82 Å². The standard InChI is InChI=1S/C20H30N6O/c1-2-21-19(26-13-11-20(15-26)9-4-3-5-10-20)22-12-8-17-23-18(25-24-17)16-7-6-14-27-16/h6-7,14H,2-5,8-13,15H2,1H3,(H,21,22)(H,23,24,25). The van der Waals surface area contributed by atoms with Gasteiger partial charge < -0.3 is 14.6 Å². The zero-order valence-corrected chi connectivity index (χ0v) is 16.2. The molecule has 2 aromatic heterocycles. The second-order valence-corrected chi connectivity index (χ2v) is 7.80. The monoisotopic (exact) mass is 370 g/mol. The second kappa shape index (κ2) is 8.15. The Kier molecular flexibility index (Phi) is 5.45. The molecule has 27 heavy (non-hydrogen) atoms. The Hall–Kier alpha value is -2.31. The van der Waals surface area contributed by atoms with Crippen molar-refractivity contribution in [3.8, 4) is 11.6 Å². The van der Waals surface area contributed by atoms with Crippen molar-refractivity contribution in [2.24, 2.45) is 10.4 Å². The van der Waals surface area contributed by atoms with Gasteiger partial charge in [-0.3, -0.25) is 10.1 Å². The summed E-state index contributed by atoms with van der Waals surface area (Å²) in [7, 11) is 0. The fraction of sp³-hybridized carbons (Fsp3) is 0.650. The normalized spacial score (nSPS) is 19.7. The van der Waals surface area contributed by atoms with Gasteiger partial charge in [0.05, 0.1) is 6.26 Å². The lowest BCUT2D eigenvalue weighted by molar-refractivity contribution is 0.203. The molecule has 1 saturated heterocycles. The number of nitrogens with zero attached hydrogens (tertiary/aromatic N) is 4. The Bertz CT molecular complexity index is 744. The molecule has 0 aromatic carbocycles. The van der Waals surface area contributed by atoms with Crippen LogP contribution in [0, 0.1) is 5.41 Å². The first-order chi connectivity index (χ1) is 13.3. The van der Waals surface area contributed by atoms with Gasteiger partial charge in [-0.15, -0.1) is 0 Å². The Morgan fingerprint density at radius 2 is 2.22 bits per heavy atom. The molecular formula is C20H30N6O. The van der Waals surface area contributed by atoms with E-state index in [1.165, 1.54) is 38.5 Å². The summed E-state index contributed by atoms with van der Waals surface area (Å²) < 4.78 is 5.34. The summed E-state index contributed by atoms with van der Waals surface area (Å²) in [4.78, 5) is 11.8. The lowest BCUT2D eigenvalue weighted by atomic mass is 9.73. The number of likely N-dealkylation sites (tertiary alicyclic amines) is 1. The number of guanidine groups is 1. The summed E-state index contributed by atoms with van der Waals surface area (Å²) in [5.41, 5.74) is 0.539. The van der Waals surface area contributed by atoms with E-state index < -0.39 is 0 Å². The summed E-state index contributed by atoms with van der Waals surface area (Å²) in [6.45, 7) is 6.00. The Morgan fingerprint density at radius 3 is 3.00 bits per heavy atom. The highest BCUT2D eigenvalue weighted by molar-refractivity contribution is 5.80. The number of nitrogens with one attached hydrogen (secondary N) is 2. The molecular weight excluding hydrogens is 340 g/mol. The third-order valence-corrected chi connectivity index (χ3v) is 5.87. The molecule has 2 fully saturated rings. The molecule has 2 N–H and O–H groups in total. The van der Waals surface area contributed by atoms with Gasteiger partial charge in [0, 0.05) is 32.6 Å². The van der Waals surface area contributed by atoms with Crippen molar-refractivity contribution in [2.75, 3.05) is 26.2 Å². The highest BCUT2D eigenvalue weighted by atomic mass is 16.3. The van der Waals surface area contributed by atoms with Crippen LogP contribution in [0.5, 0.6) is 0 Å². The van der Waals surface area contributed by atoms with Crippen LogP contribution in [0.15, 0.2) is 27.8 Å². The fourth-order valence-corrected chi connectivity index (χ4v) is 4.44. The van der Waals surface area contributed by atoms with Crippen molar-refractivity contribution >= 4 is 5.96 Å². The third-order valence-electron chi connectivity index (χ3n) is 5.87. The molecule has 7 heteroatoms. The molecule has 1 spiro atoms. The topological polar surface area (TPSA) is 82.3 Å². The minimum Gasteiger partial charge on any atom is -0.461 e. The maximum Gasteiger partial charge on any atom is 0.216 e. The van der Waals surface area contributed by atoms with Gasteiger partial charge in [-0.05, 0) is 43.7 Å². The maximum absolute atomic E-state index is 5.34. The summed E-state index contributed by atoms with van der Waals surface area (Å²) in [5.74, 6) is 3.17. The van der Waals surface area contributed by atoms with Crippen molar-refractivity contribution < 1.29 is 4.42 Å². The van der Waals surface area contributed by atoms with Crippen LogP contribution in [0.25, 0.3) is 11.6 Å². The second-order valence-electron chi connectivity index (χ2n) is 7.80. The first-order valence-corrected chi connectivity index (χ1v) is 10.3. The average molecular weight is 371 g/mol. The number of H-pyrrole nitrogens is 1. The molecule has 0 radical (unpaired) electrons. The number of hydrogen-bond donors (Lipinski definition) is 2. The van der Waals surface area contributed by atoms with Crippen LogP contribution in [-0.2, 0) is 6.42 Å². The molecule has 1 aliphatic carbocycles. The van der Waals surface area contributed by atoms with E-state index in [0.29, 0.717) is 23.5 Å². The highest BCUT2D eigenvalue weighted by Gasteiger charge is 2.39. The van der Waals surface area contributed by atoms with Gasteiger partial charge >= 0.3 is 0 Å². The maximum atomic E-state index is 5.34. The molecule has 0 amide bonds. The van der Waals surface area contributed by atoms with Crippen molar-refractivity contribution in [1.29, 1.82) is 0 Å². The molecule has 7 nitrogen and oxygen atoms in total. The molecule has 146 valence electrons. The quantitative estimate of drug-likeness (QED) is 0.624. The van der Waals surface area contributed by atoms with Crippen LogP contribution >= 0.6 is 0 Å². The molecule has 0 unspecified atom stereocenters. The highest BCUT2D eigenvalue weighted by Crippen LogP contribution is 2.43. The number of aliphatic imine (C=N–C) groups is 1. The van der Waals surface area contributed by atoms with Crippen LogP contribution in [0.1, 0.15) is 51.3 Å². The zero-order valence-electron chi connectivity index (χ0n) is 16.2. The van der Waals surface area contributed by atoms with Crippen LogP contribution in [0.4, 0.5) is 0 Å². The van der Waals surface area contributed by atoms with Crippen molar-refractivity contribution in [1.82, 2.24) is 25.4 Å². The van der Waals surface area contributed by atoms with E-state index >= 15 is 0 Å². The summed E-state index contributed by atoms with van der Waals surface area (Å²) in [6.07, 6.45) is 10.7. The van der Waals surface area contributed by atoms with Gasteiger partial charge in [0.15, 0.2) is 11.7 Å². The predicted molar refractivity (Wildman–Crippen MR) is 105 cm³/mol. The first-order valence-electron chi connectivity index (χ1n) is 10.3. The minimum atomic E-state index is 0.539. The van der Waals surface area contributed by atoms with Crippen LogP contribution < -0.4 is 5.32 Å². The average Bonchev–Trinajstić information content (AvgIpc) is 3.43. The van der Waals surface area contributed by atoms with E-state index in [-0.39, 0.29) is 0 Å². The minimum absolute atomic E-state index is 0.539. The van der Waals surface area contributed by atoms with Crippen LogP contribution in [0.3, 0.4) is 0 Å². The molecule has 1 saturated carbocycles. The Labute approximate surface area is 160 Å². The zero-order chi connectivity index (χ0) is 18.5. The van der Waals surface area contributed by atoms with Gasteiger partial charge in [-0.25, -0.2) is 4.98 Å². The van der Waals surface area contributed by atoms with Crippen LogP contribution in [0.2, 0.25) is 0 Å². The van der Waals surface area contributed by atoms with E-state index in [1.54, 1.807) is 6.26 Å². The first kappa shape index (κ1) is 18.1. The predicted octanol–water partition coefficient (Wildman–Crippen LogP) is 3.23. The van der Waals surface area contributed by atoms with E-state index in [4.69, 9.17) is 9.41 Å². The van der Waals surface area contributed by atoms with E-state index in [2.05, 4.69) is 32.3 Å². The number of aromatic nitrogens is 3. The third kappa shape index (κ3) is 4.17. The van der Waals surface area contributed by atoms with E-state index in [1.807, 2.05) is 12.1 Å². The van der Waals surface area contributed by atoms with Crippen molar-refractivity contribution in [3.05, 3.63) is 24.2 Å². The molecule has 1 aliphatic heterocycles. The van der Waals surface area contributed by atoms with Gasteiger partial charge in [-0.1, -0.05) is 19.3 Å². The Morgan fingerprint density at radius 1 is 1.33 bits per heavy atom. The number of aromatic amines is 1. The number of hydrogen-bond acceptors (Lipinski definition) is 4. The van der Waals surface area contributed by atoms with Gasteiger partial charge in [0.2, 0.25) is 5.82 Å². The lowest BCUT2D eigenvalue weighted by Crippen LogP contribution is -2.41. The molecule has 2 aliphatic rings. The smallest absolute Gasteiger partial charge is 0.216 e. The number of furan rings is 1. The molecule has 4 rings (SSSR count). The SMILES string of the molecule is CCNC(=NCCc1nc(-c2ccco2)n[nH]1)N1CCC2(CCCCC2)C1. The fourth-order valence-electron chi connectivity index (χ4n) is 4.44. The summed E-state index contributed by atoms with van der Waals surface area (Å²) in [5, 5.41) is 10.7. The van der Waals surface area contributed by atoms with Gasteiger partial charge in [0.25, 0.3) is 0 Å². The summed E-state index contributed by atoms with van der Waals surface area (Å²) in [6, 6.07) is 3.70. The lowest BCUT2D eigenvalue weighted by Gasteiger charge is -2.33.